The van der Waals surface area contributed by atoms with Gasteiger partial charge in [0.15, 0.2) is 0 Å². The van der Waals surface area contributed by atoms with Gasteiger partial charge < -0.3 is 10.6 Å². The van der Waals surface area contributed by atoms with E-state index in [1.54, 1.807) is 4.40 Å². The molecule has 1 amide bonds. The number of hydrogen-bond acceptors (Lipinski definition) is 5. The highest BCUT2D eigenvalue weighted by Gasteiger charge is 2.44. The first-order valence-corrected chi connectivity index (χ1v) is 13.5. The van der Waals surface area contributed by atoms with Crippen molar-refractivity contribution >= 4 is 28.3 Å². The Balaban J connectivity index is 1.27. The van der Waals surface area contributed by atoms with Gasteiger partial charge in [0.05, 0.1) is 34.8 Å². The van der Waals surface area contributed by atoms with Crippen molar-refractivity contribution in [2.24, 2.45) is 11.8 Å². The van der Waals surface area contributed by atoms with Crippen LogP contribution in [0.2, 0.25) is 0 Å². The zero-order valence-corrected chi connectivity index (χ0v) is 22.0. The van der Waals surface area contributed by atoms with Gasteiger partial charge in [-0.15, -0.1) is 13.2 Å². The number of hydrogen-bond donors (Lipinski definition) is 1. The molecule has 3 aliphatic carbocycles. The molecule has 8 rings (SSSR count). The predicted octanol–water partition coefficient (Wildman–Crippen LogP) is 5.91. The number of carbonyl (C=O) groups excluding carboxylic acids is 1. The Bertz CT molecular complexity index is 1850. The highest BCUT2D eigenvalue weighted by Crippen LogP contribution is 2.48. The first-order valence-electron chi connectivity index (χ1n) is 13.5. The normalized spacial score (nSPS) is 20.2. The number of aromatic nitrogens is 5. The maximum Gasteiger partial charge on any atom is 0.505 e. The number of alkyl halides is 3. The van der Waals surface area contributed by atoms with Crippen molar-refractivity contribution in [3.63, 3.8) is 0 Å². The van der Waals surface area contributed by atoms with Crippen molar-refractivity contribution in [1.29, 1.82) is 0 Å². The van der Waals surface area contributed by atoms with E-state index in [9.17, 15) is 18.0 Å². The van der Waals surface area contributed by atoms with Gasteiger partial charge >= 0.3 is 6.30 Å². The first kappa shape index (κ1) is 26.4. The van der Waals surface area contributed by atoms with E-state index >= 15 is 8.78 Å². The second-order valence-corrected chi connectivity index (χ2v) is 11.0. The van der Waals surface area contributed by atoms with Gasteiger partial charge in [-0.2, -0.15) is 9.78 Å². The van der Waals surface area contributed by atoms with E-state index in [2.05, 4.69) is 15.1 Å². The molecule has 3 fully saturated rings. The van der Waals surface area contributed by atoms with Crippen LogP contribution in [0.5, 0.6) is 0 Å². The van der Waals surface area contributed by atoms with Crippen LogP contribution in [0.1, 0.15) is 41.6 Å². The molecule has 8 nitrogen and oxygen atoms in total. The van der Waals surface area contributed by atoms with E-state index in [0.29, 0.717) is 23.4 Å². The largest absolute Gasteiger partial charge is 0.505 e. The van der Waals surface area contributed by atoms with E-state index < -0.39 is 23.8 Å². The Hall–Kier alpha value is -4.55. The molecule has 42 heavy (non-hydrogen) atoms. The van der Waals surface area contributed by atoms with Gasteiger partial charge in [0.2, 0.25) is 0 Å². The summed E-state index contributed by atoms with van der Waals surface area (Å²) in [7, 11) is 0. The average molecular weight is 582 g/mol. The molecule has 0 saturated heterocycles. The molecule has 0 spiro atoms. The number of rotatable bonds is 5. The Morgan fingerprint density at radius 3 is 2.57 bits per heavy atom. The fraction of sp³-hybridized carbons (Fsp3) is 0.310. The number of nitrogen functional groups attached to an aromatic ring is 1. The summed E-state index contributed by atoms with van der Waals surface area (Å²) in [5.41, 5.74) is 6.76. The summed E-state index contributed by atoms with van der Waals surface area (Å²) in [6.45, 7) is -0.173. The lowest BCUT2D eigenvalue weighted by atomic mass is 9.62. The van der Waals surface area contributed by atoms with E-state index in [1.807, 2.05) is 0 Å². The Morgan fingerprint density at radius 2 is 1.86 bits per heavy atom. The van der Waals surface area contributed by atoms with E-state index in [1.165, 1.54) is 35.6 Å². The molecule has 3 saturated carbocycles. The number of nitrogens with zero attached hydrogens (tertiary/aromatic N) is 6. The van der Waals surface area contributed by atoms with Gasteiger partial charge in [0.25, 0.3) is 5.91 Å². The molecular weight excluding hydrogens is 557 g/mol. The summed E-state index contributed by atoms with van der Waals surface area (Å²) >= 11 is 0. The second kappa shape index (κ2) is 9.50. The molecule has 2 aromatic carbocycles. The van der Waals surface area contributed by atoms with Gasteiger partial charge in [-0.25, -0.2) is 18.7 Å². The molecular formula is C29H24F5N7O. The lowest BCUT2D eigenvalue weighted by molar-refractivity contribution is -0.211. The Labute approximate surface area is 235 Å². The van der Waals surface area contributed by atoms with Crippen molar-refractivity contribution in [2.45, 2.75) is 44.6 Å². The highest BCUT2D eigenvalue weighted by atomic mass is 19.4. The minimum atomic E-state index is -4.77. The average Bonchev–Trinajstić information content (AvgIpc) is 3.62. The standard InChI is InChI=1S/C29H24F5N7O/c30-20-9-16(24-5-6-37-41(24)29(32,33)34)2-3-17(20)13-39(23-4-1-15-7-18(23)8-15)28(42)19-10-25-22(11-21(19)31)38-27(35)26-12-36-14-40(25)26/h2-3,5-6,9-12,14-15,18,23H,1,4,7-8,13H2,(H2,35,38). The lowest BCUT2D eigenvalue weighted by Crippen LogP contribution is -2.51. The number of anilines is 1. The van der Waals surface area contributed by atoms with E-state index in [4.69, 9.17) is 5.73 Å². The number of nitrogens with two attached hydrogens (primary N) is 1. The number of imidazole rings is 1. The van der Waals surface area contributed by atoms with Crippen LogP contribution in [0.25, 0.3) is 27.8 Å². The quantitative estimate of drug-likeness (QED) is 0.261. The highest BCUT2D eigenvalue weighted by molar-refractivity contribution is 5.98. The zero-order chi connectivity index (χ0) is 29.3. The van der Waals surface area contributed by atoms with Crippen LogP contribution in [0.4, 0.5) is 27.8 Å². The number of carbonyl (C=O) groups is 1. The monoisotopic (exact) mass is 581 g/mol. The summed E-state index contributed by atoms with van der Waals surface area (Å²) in [5.74, 6) is -1.20. The topological polar surface area (TPSA) is 94.3 Å². The SMILES string of the molecule is Nc1nc2cc(F)c(C(=O)N(Cc3ccc(-c4ccnn4C(F)(F)F)cc3F)C3CCC4CC3C4)cc2n2cncc12. The minimum Gasteiger partial charge on any atom is -0.382 e. The first-order chi connectivity index (χ1) is 20.1. The van der Waals surface area contributed by atoms with Crippen LogP contribution < -0.4 is 5.73 Å². The Morgan fingerprint density at radius 1 is 1.05 bits per heavy atom. The molecule has 2 bridgehead atoms. The molecule has 5 aromatic rings. The number of halogens is 5. The van der Waals surface area contributed by atoms with Crippen molar-refractivity contribution < 1.29 is 26.7 Å². The van der Waals surface area contributed by atoms with Gasteiger partial charge in [-0.1, -0.05) is 12.1 Å². The maximum absolute atomic E-state index is 15.5. The Kier molecular flexibility index (Phi) is 5.96. The van der Waals surface area contributed by atoms with Crippen molar-refractivity contribution in [1.82, 2.24) is 29.0 Å². The van der Waals surface area contributed by atoms with Crippen LogP contribution in [0.3, 0.4) is 0 Å². The molecule has 1 atom stereocenters. The van der Waals surface area contributed by atoms with E-state index in [-0.39, 0.29) is 56.9 Å². The van der Waals surface area contributed by atoms with Crippen molar-refractivity contribution in [2.75, 3.05) is 5.73 Å². The number of amides is 1. The van der Waals surface area contributed by atoms with Crippen molar-refractivity contribution in [3.05, 3.63) is 77.9 Å². The smallest absolute Gasteiger partial charge is 0.382 e. The van der Waals surface area contributed by atoms with Gasteiger partial charge in [-0.3, -0.25) is 9.20 Å². The van der Waals surface area contributed by atoms with Crippen LogP contribution in [-0.2, 0) is 12.8 Å². The fourth-order valence-corrected chi connectivity index (χ4v) is 6.49. The zero-order valence-electron chi connectivity index (χ0n) is 22.0. The third-order valence-corrected chi connectivity index (χ3v) is 8.62. The molecule has 3 aromatic heterocycles. The van der Waals surface area contributed by atoms with Crippen LogP contribution >= 0.6 is 0 Å². The molecule has 0 radical (unpaired) electrons. The molecule has 2 N–H and O–H groups in total. The molecule has 3 aliphatic rings. The van der Waals surface area contributed by atoms with Crippen LogP contribution in [0, 0.1) is 23.5 Å². The molecule has 1 unspecified atom stereocenters. The third kappa shape index (κ3) is 4.25. The summed E-state index contributed by atoms with van der Waals surface area (Å²) in [6.07, 6.45) is 2.72. The number of benzene rings is 2. The fourth-order valence-electron chi connectivity index (χ4n) is 6.49. The van der Waals surface area contributed by atoms with Crippen molar-refractivity contribution in [3.8, 4) is 11.3 Å². The lowest BCUT2D eigenvalue weighted by Gasteiger charge is -2.50. The summed E-state index contributed by atoms with van der Waals surface area (Å²) in [6, 6.07) is 7.20. The van der Waals surface area contributed by atoms with Gasteiger partial charge in [-0.05, 0) is 55.7 Å². The van der Waals surface area contributed by atoms with E-state index in [0.717, 1.165) is 43.7 Å². The third-order valence-electron chi connectivity index (χ3n) is 8.62. The maximum atomic E-state index is 15.5. The summed E-state index contributed by atoms with van der Waals surface area (Å²) in [5, 5.41) is 3.31. The summed E-state index contributed by atoms with van der Waals surface area (Å²) in [4.78, 5) is 23.9. The van der Waals surface area contributed by atoms with Gasteiger partial charge in [0, 0.05) is 36.0 Å². The van der Waals surface area contributed by atoms with Crippen LogP contribution in [0.15, 0.2) is 55.1 Å². The predicted molar refractivity (Wildman–Crippen MR) is 143 cm³/mol. The van der Waals surface area contributed by atoms with Gasteiger partial charge in [0.1, 0.15) is 23.0 Å². The van der Waals surface area contributed by atoms with Crippen LogP contribution in [-0.4, -0.2) is 41.0 Å². The second-order valence-electron chi connectivity index (χ2n) is 11.0. The minimum absolute atomic E-state index is 0.0138. The molecule has 13 heteroatoms. The summed E-state index contributed by atoms with van der Waals surface area (Å²) < 4.78 is 72.5. The molecule has 3 heterocycles. The molecule has 216 valence electrons. The molecule has 0 aliphatic heterocycles. The number of fused-ring (bicyclic) bond motifs is 5.